The number of hydrogen-bond donors (Lipinski definition) is 1. The number of aliphatic hydroxyl groups excluding tert-OH is 1. The van der Waals surface area contributed by atoms with Crippen LogP contribution in [0.2, 0.25) is 18.1 Å². The van der Waals surface area contributed by atoms with Gasteiger partial charge in [-0.3, -0.25) is 0 Å². The zero-order chi connectivity index (χ0) is 17.1. The van der Waals surface area contributed by atoms with E-state index in [1.165, 1.54) is 49.0 Å². The first kappa shape index (κ1) is 20.2. The van der Waals surface area contributed by atoms with Crippen LogP contribution in [0.25, 0.3) is 0 Å². The van der Waals surface area contributed by atoms with Gasteiger partial charge in [0.15, 0.2) is 0 Å². The van der Waals surface area contributed by atoms with E-state index in [4.69, 9.17) is 0 Å². The average molecular weight is 333 g/mol. The molecule has 130 valence electrons. The molecule has 1 unspecified atom stereocenters. The van der Waals surface area contributed by atoms with Gasteiger partial charge in [-0.2, -0.15) is 0 Å². The highest BCUT2D eigenvalue weighted by molar-refractivity contribution is 6.86. The van der Waals surface area contributed by atoms with Crippen molar-refractivity contribution in [1.29, 1.82) is 0 Å². The second kappa shape index (κ2) is 10.8. The van der Waals surface area contributed by atoms with Crippen molar-refractivity contribution in [3.05, 3.63) is 47.2 Å². The first-order chi connectivity index (χ1) is 11.1. The summed E-state index contributed by atoms with van der Waals surface area (Å²) in [7, 11) is -1.55. The van der Waals surface area contributed by atoms with E-state index in [1.54, 1.807) is 0 Å². The van der Waals surface area contributed by atoms with Crippen LogP contribution in [0.4, 0.5) is 0 Å². The number of allylic oxidation sites excluding steroid dienone is 1. The van der Waals surface area contributed by atoms with Crippen molar-refractivity contribution in [2.75, 3.05) is 0 Å². The molecule has 1 aromatic carbocycles. The number of rotatable bonds is 11. The molecule has 1 N–H and O–H groups in total. The van der Waals surface area contributed by atoms with Crippen LogP contribution in [0.1, 0.15) is 71.5 Å². The standard InChI is InChI=1S/C21H36OSi/c1-5-9-10-11-15-18-20(23(6-2,7-3)8-4)21(22)19-16-13-12-14-17-19/h12-14,16-18,21-22H,5-11,15H2,1-4H3/b20-18+. The molecule has 0 spiro atoms. The highest BCUT2D eigenvalue weighted by Crippen LogP contribution is 2.37. The molecule has 23 heavy (non-hydrogen) atoms. The normalized spacial score (nSPS) is 14.0. The fourth-order valence-electron chi connectivity index (χ4n) is 3.62. The Balaban J connectivity index is 3.02. The van der Waals surface area contributed by atoms with Gasteiger partial charge < -0.3 is 5.11 Å². The average Bonchev–Trinajstić information content (AvgIpc) is 2.61. The summed E-state index contributed by atoms with van der Waals surface area (Å²) in [6.45, 7) is 9.22. The summed E-state index contributed by atoms with van der Waals surface area (Å²) < 4.78 is 0. The molecule has 0 fully saturated rings. The Bertz CT molecular complexity index is 440. The Kier molecular flexibility index (Phi) is 9.50. The Morgan fingerprint density at radius 3 is 2.09 bits per heavy atom. The lowest BCUT2D eigenvalue weighted by Crippen LogP contribution is -2.37. The van der Waals surface area contributed by atoms with E-state index in [-0.39, 0.29) is 0 Å². The third kappa shape index (κ3) is 5.61. The van der Waals surface area contributed by atoms with Crippen LogP contribution in [-0.2, 0) is 0 Å². The topological polar surface area (TPSA) is 20.2 Å². The first-order valence-corrected chi connectivity index (χ1v) is 12.2. The van der Waals surface area contributed by atoms with Gasteiger partial charge >= 0.3 is 0 Å². The minimum absolute atomic E-state index is 0.408. The van der Waals surface area contributed by atoms with Gasteiger partial charge in [0.05, 0.1) is 14.2 Å². The van der Waals surface area contributed by atoms with Crippen molar-refractivity contribution in [3.63, 3.8) is 0 Å². The third-order valence-corrected chi connectivity index (χ3v) is 11.2. The van der Waals surface area contributed by atoms with Crippen LogP contribution in [-0.4, -0.2) is 13.2 Å². The zero-order valence-electron chi connectivity index (χ0n) is 15.6. The fourth-order valence-corrected chi connectivity index (χ4v) is 7.67. The molecule has 0 bridgehead atoms. The van der Waals surface area contributed by atoms with Gasteiger partial charge in [0.2, 0.25) is 0 Å². The summed E-state index contributed by atoms with van der Waals surface area (Å²) in [4.78, 5) is 0. The van der Waals surface area contributed by atoms with Crippen LogP contribution in [0.3, 0.4) is 0 Å². The Morgan fingerprint density at radius 2 is 1.57 bits per heavy atom. The van der Waals surface area contributed by atoms with Crippen LogP contribution < -0.4 is 0 Å². The van der Waals surface area contributed by atoms with Crippen LogP contribution >= 0.6 is 0 Å². The van der Waals surface area contributed by atoms with Gasteiger partial charge in [0.25, 0.3) is 0 Å². The summed E-state index contributed by atoms with van der Waals surface area (Å²) in [5, 5.41) is 12.5. The maximum Gasteiger partial charge on any atom is 0.0966 e. The Morgan fingerprint density at radius 1 is 0.957 bits per heavy atom. The van der Waals surface area contributed by atoms with Gasteiger partial charge in [-0.05, 0) is 18.4 Å². The Labute approximate surface area is 144 Å². The van der Waals surface area contributed by atoms with Gasteiger partial charge in [0.1, 0.15) is 0 Å². The number of hydrogen-bond acceptors (Lipinski definition) is 1. The molecule has 1 aromatic rings. The summed E-state index contributed by atoms with van der Waals surface area (Å²) >= 11 is 0. The van der Waals surface area contributed by atoms with E-state index in [9.17, 15) is 5.11 Å². The van der Waals surface area contributed by atoms with E-state index in [1.807, 2.05) is 18.2 Å². The van der Waals surface area contributed by atoms with E-state index in [2.05, 4.69) is 45.9 Å². The molecule has 0 aliphatic heterocycles. The minimum Gasteiger partial charge on any atom is -0.384 e. The minimum atomic E-state index is -1.55. The molecule has 0 aliphatic rings. The molecule has 1 rings (SSSR count). The van der Waals surface area contributed by atoms with Crippen LogP contribution in [0.5, 0.6) is 0 Å². The molecule has 0 saturated carbocycles. The maximum absolute atomic E-state index is 11.1. The summed E-state index contributed by atoms with van der Waals surface area (Å²) in [5.74, 6) is 0. The molecule has 0 aromatic heterocycles. The smallest absolute Gasteiger partial charge is 0.0966 e. The van der Waals surface area contributed by atoms with Crippen molar-refractivity contribution in [1.82, 2.24) is 0 Å². The van der Waals surface area contributed by atoms with Gasteiger partial charge in [-0.25, -0.2) is 0 Å². The van der Waals surface area contributed by atoms with Gasteiger partial charge in [-0.15, -0.1) is 0 Å². The lowest BCUT2D eigenvalue weighted by Gasteiger charge is -2.34. The molecule has 1 atom stereocenters. The molecular weight excluding hydrogens is 296 g/mol. The van der Waals surface area contributed by atoms with Crippen molar-refractivity contribution in [2.45, 2.75) is 84.0 Å². The van der Waals surface area contributed by atoms with Crippen molar-refractivity contribution in [3.8, 4) is 0 Å². The Hall–Kier alpha value is -0.863. The molecule has 0 heterocycles. The summed E-state index contributed by atoms with van der Waals surface area (Å²) in [6, 6.07) is 13.9. The lowest BCUT2D eigenvalue weighted by atomic mass is 10.1. The van der Waals surface area contributed by atoms with Gasteiger partial charge in [-0.1, -0.05) is 107 Å². The van der Waals surface area contributed by atoms with Crippen LogP contribution in [0.15, 0.2) is 41.6 Å². The van der Waals surface area contributed by atoms with Crippen molar-refractivity contribution < 1.29 is 5.11 Å². The predicted octanol–water partition coefficient (Wildman–Crippen LogP) is 6.66. The molecule has 0 radical (unpaired) electrons. The third-order valence-electron chi connectivity index (χ3n) is 5.47. The zero-order valence-corrected chi connectivity index (χ0v) is 16.6. The number of unbranched alkanes of at least 4 members (excludes halogenated alkanes) is 4. The number of aliphatic hydroxyl groups is 1. The quantitative estimate of drug-likeness (QED) is 0.354. The molecule has 2 heteroatoms. The monoisotopic (exact) mass is 332 g/mol. The van der Waals surface area contributed by atoms with Crippen molar-refractivity contribution in [2.24, 2.45) is 0 Å². The van der Waals surface area contributed by atoms with E-state index in [0.717, 1.165) is 12.0 Å². The van der Waals surface area contributed by atoms with Crippen LogP contribution in [0, 0.1) is 0 Å². The molecular formula is C21H36OSi. The van der Waals surface area contributed by atoms with E-state index < -0.39 is 14.2 Å². The van der Waals surface area contributed by atoms with E-state index >= 15 is 0 Å². The largest absolute Gasteiger partial charge is 0.384 e. The SMILES string of the molecule is CCCCCC/C=C(\C(O)c1ccccc1)[Si](CC)(CC)CC. The summed E-state index contributed by atoms with van der Waals surface area (Å²) in [5.41, 5.74) is 1.06. The first-order valence-electron chi connectivity index (χ1n) is 9.58. The fraction of sp³-hybridized carbons (Fsp3) is 0.619. The molecule has 1 nitrogen and oxygen atoms in total. The molecule has 0 saturated heterocycles. The number of benzene rings is 1. The highest BCUT2D eigenvalue weighted by Gasteiger charge is 2.35. The highest BCUT2D eigenvalue weighted by atomic mass is 28.3. The van der Waals surface area contributed by atoms with E-state index in [0.29, 0.717) is 0 Å². The second-order valence-electron chi connectivity index (χ2n) is 6.66. The summed E-state index contributed by atoms with van der Waals surface area (Å²) in [6.07, 6.45) is 8.28. The lowest BCUT2D eigenvalue weighted by molar-refractivity contribution is 0.221. The second-order valence-corrected chi connectivity index (χ2v) is 11.9. The molecule has 0 amide bonds. The maximum atomic E-state index is 11.1. The van der Waals surface area contributed by atoms with Gasteiger partial charge in [0, 0.05) is 0 Å². The van der Waals surface area contributed by atoms with Crippen molar-refractivity contribution >= 4 is 8.07 Å². The predicted molar refractivity (Wildman–Crippen MR) is 105 cm³/mol. The molecule has 0 aliphatic carbocycles.